The molecule has 0 aliphatic carbocycles. The molecule has 0 amide bonds. The van der Waals surface area contributed by atoms with Crippen LogP contribution >= 0.6 is 0 Å². The van der Waals surface area contributed by atoms with Crippen LogP contribution in [0.3, 0.4) is 0 Å². The SMILES string of the molecule is O=C(O)[C@@]1(O)C[C@@H](O)[C@@H](O[C@H]2O[C@H]([C@@H](O)CO)[C@@H](O)[C@H](O)[C@@H]2O)[C@@H]([C@H](O)CO)O1. The van der Waals surface area contributed by atoms with E-state index in [9.17, 15) is 45.6 Å². The fraction of sp³-hybridized carbons (Fsp3) is 0.933. The highest BCUT2D eigenvalue weighted by atomic mass is 16.7. The largest absolute Gasteiger partial charge is 0.477 e. The van der Waals surface area contributed by atoms with Crippen molar-refractivity contribution >= 4 is 5.97 Å². The lowest BCUT2D eigenvalue weighted by Crippen LogP contribution is -2.66. The quantitative estimate of drug-likeness (QED) is 0.180. The van der Waals surface area contributed by atoms with Crippen LogP contribution < -0.4 is 0 Å². The van der Waals surface area contributed by atoms with Crippen molar-refractivity contribution in [3.05, 3.63) is 0 Å². The predicted molar refractivity (Wildman–Crippen MR) is 85.8 cm³/mol. The van der Waals surface area contributed by atoms with Crippen molar-refractivity contribution in [2.75, 3.05) is 13.2 Å². The van der Waals surface area contributed by atoms with E-state index < -0.39 is 92.6 Å². The molecule has 0 saturated carbocycles. The molecule has 14 heteroatoms. The van der Waals surface area contributed by atoms with Crippen molar-refractivity contribution in [2.24, 2.45) is 0 Å². The normalized spacial score (nSPS) is 45.6. The number of carboxylic acids is 1. The van der Waals surface area contributed by atoms with Gasteiger partial charge in [-0.1, -0.05) is 0 Å². The van der Waals surface area contributed by atoms with Crippen molar-refractivity contribution in [2.45, 2.75) is 73.4 Å². The first-order chi connectivity index (χ1) is 13.5. The van der Waals surface area contributed by atoms with Gasteiger partial charge in [0.05, 0.1) is 19.3 Å². The number of aliphatic hydroxyl groups excluding tert-OH is 8. The van der Waals surface area contributed by atoms with Gasteiger partial charge in [0.25, 0.3) is 5.79 Å². The topological polar surface area (TPSA) is 247 Å². The van der Waals surface area contributed by atoms with Gasteiger partial charge in [0.15, 0.2) is 6.29 Å². The summed E-state index contributed by atoms with van der Waals surface area (Å²) >= 11 is 0. The molecule has 0 spiro atoms. The zero-order chi connectivity index (χ0) is 22.1. The Hall–Kier alpha value is -1.01. The number of hydrogen-bond acceptors (Lipinski definition) is 13. The summed E-state index contributed by atoms with van der Waals surface area (Å²) in [5.41, 5.74) is 0. The minimum absolute atomic E-state index is 0.871. The molecule has 0 aromatic rings. The molecule has 0 unspecified atom stereocenters. The second-order valence-corrected chi connectivity index (χ2v) is 6.98. The summed E-state index contributed by atoms with van der Waals surface area (Å²) in [6, 6.07) is 0. The Bertz CT molecular complexity index is 561. The van der Waals surface area contributed by atoms with Gasteiger partial charge in [-0.05, 0) is 0 Å². The van der Waals surface area contributed by atoms with Gasteiger partial charge in [-0.3, -0.25) is 0 Å². The van der Waals surface area contributed by atoms with Crippen LogP contribution in [0.1, 0.15) is 6.42 Å². The van der Waals surface area contributed by atoms with Gasteiger partial charge in [-0.25, -0.2) is 4.79 Å². The summed E-state index contributed by atoms with van der Waals surface area (Å²) in [5.74, 6) is -4.78. The van der Waals surface area contributed by atoms with Crippen LogP contribution in [0.5, 0.6) is 0 Å². The van der Waals surface area contributed by atoms with Gasteiger partial charge in [-0.2, -0.15) is 0 Å². The zero-order valence-electron chi connectivity index (χ0n) is 15.0. The number of aliphatic carboxylic acids is 1. The third kappa shape index (κ3) is 4.84. The van der Waals surface area contributed by atoms with Crippen LogP contribution in [0, 0.1) is 0 Å². The summed E-state index contributed by atoms with van der Waals surface area (Å²) in [4.78, 5) is 11.2. The van der Waals surface area contributed by atoms with Gasteiger partial charge < -0.3 is 65.3 Å². The molecule has 10 N–H and O–H groups in total. The molecular weight excluding hydrogens is 404 g/mol. The standard InChI is InChI=1S/C15H26O14/c16-2-5(19)10-8(22)7(21)9(23)13(27-10)28-11-4(18)1-15(26,14(24)25)29-12(11)6(20)3-17/h4-13,16-23,26H,1-3H2,(H,24,25)/t4-,5+,6-,7+,8+,9+,10-,11-,12-,13-,15-/m1/s1. The minimum atomic E-state index is -2.91. The monoisotopic (exact) mass is 430 g/mol. The molecule has 14 nitrogen and oxygen atoms in total. The average molecular weight is 430 g/mol. The maximum absolute atomic E-state index is 11.2. The molecule has 0 radical (unpaired) electrons. The highest BCUT2D eigenvalue weighted by molar-refractivity contribution is 5.75. The lowest BCUT2D eigenvalue weighted by molar-refractivity contribution is -0.364. The fourth-order valence-electron chi connectivity index (χ4n) is 3.23. The number of aliphatic hydroxyl groups is 9. The molecule has 2 rings (SSSR count). The Morgan fingerprint density at radius 3 is 2.07 bits per heavy atom. The summed E-state index contributed by atoms with van der Waals surface area (Å²) in [6.07, 6.45) is -18.8. The highest BCUT2D eigenvalue weighted by Gasteiger charge is 2.55. The second-order valence-electron chi connectivity index (χ2n) is 6.98. The molecule has 29 heavy (non-hydrogen) atoms. The van der Waals surface area contributed by atoms with Crippen LogP contribution in [-0.4, -0.2) is 137 Å². The Labute approximate surface area is 163 Å². The third-order valence-electron chi connectivity index (χ3n) is 4.88. The molecule has 2 aliphatic heterocycles. The van der Waals surface area contributed by atoms with E-state index in [4.69, 9.17) is 24.4 Å². The molecule has 2 fully saturated rings. The van der Waals surface area contributed by atoms with Crippen molar-refractivity contribution in [3.63, 3.8) is 0 Å². The van der Waals surface area contributed by atoms with Crippen molar-refractivity contribution in [1.82, 2.24) is 0 Å². The van der Waals surface area contributed by atoms with Crippen LogP contribution in [-0.2, 0) is 19.0 Å². The van der Waals surface area contributed by atoms with Gasteiger partial charge in [-0.15, -0.1) is 0 Å². The summed E-state index contributed by atoms with van der Waals surface area (Å²) in [6.45, 7) is -1.85. The van der Waals surface area contributed by atoms with Crippen LogP contribution in [0.2, 0.25) is 0 Å². The molecule has 0 bridgehead atoms. The van der Waals surface area contributed by atoms with E-state index in [1.807, 2.05) is 0 Å². The molecule has 0 aromatic heterocycles. The maximum Gasteiger partial charge on any atom is 0.364 e. The minimum Gasteiger partial charge on any atom is -0.477 e. The first-order valence-electron chi connectivity index (χ1n) is 8.71. The average Bonchev–Trinajstić information content (AvgIpc) is 2.68. The van der Waals surface area contributed by atoms with Crippen LogP contribution in [0.15, 0.2) is 0 Å². The van der Waals surface area contributed by atoms with E-state index in [1.54, 1.807) is 0 Å². The van der Waals surface area contributed by atoms with Gasteiger partial charge in [0.2, 0.25) is 0 Å². The maximum atomic E-state index is 11.2. The van der Waals surface area contributed by atoms with Gasteiger partial charge in [0.1, 0.15) is 48.8 Å². The Morgan fingerprint density at radius 2 is 1.55 bits per heavy atom. The number of hydrogen-bond donors (Lipinski definition) is 10. The zero-order valence-corrected chi connectivity index (χ0v) is 15.0. The third-order valence-corrected chi connectivity index (χ3v) is 4.88. The van der Waals surface area contributed by atoms with Crippen molar-refractivity contribution in [3.8, 4) is 0 Å². The van der Waals surface area contributed by atoms with Crippen molar-refractivity contribution in [1.29, 1.82) is 0 Å². The van der Waals surface area contributed by atoms with Crippen molar-refractivity contribution < 1.29 is 70.1 Å². The Balaban J connectivity index is 2.25. The van der Waals surface area contributed by atoms with E-state index in [1.165, 1.54) is 0 Å². The lowest BCUT2D eigenvalue weighted by atomic mass is 9.91. The molecule has 2 aliphatic rings. The molecule has 2 saturated heterocycles. The molecule has 2 heterocycles. The number of rotatable bonds is 7. The van der Waals surface area contributed by atoms with E-state index in [-0.39, 0.29) is 0 Å². The van der Waals surface area contributed by atoms with E-state index in [0.29, 0.717) is 0 Å². The highest BCUT2D eigenvalue weighted by Crippen LogP contribution is 2.34. The molecule has 11 atom stereocenters. The molecule has 170 valence electrons. The van der Waals surface area contributed by atoms with Crippen LogP contribution in [0.25, 0.3) is 0 Å². The Kier molecular flexibility index (Phi) is 7.88. The van der Waals surface area contributed by atoms with E-state index in [0.717, 1.165) is 0 Å². The predicted octanol–water partition coefficient (Wildman–Crippen LogP) is -6.19. The van der Waals surface area contributed by atoms with E-state index in [2.05, 4.69) is 0 Å². The van der Waals surface area contributed by atoms with Gasteiger partial charge >= 0.3 is 5.97 Å². The first-order valence-corrected chi connectivity index (χ1v) is 8.71. The number of carbonyl (C=O) groups is 1. The number of ether oxygens (including phenoxy) is 3. The summed E-state index contributed by atoms with van der Waals surface area (Å²) in [5, 5.41) is 97.1. The second kappa shape index (κ2) is 9.42. The summed E-state index contributed by atoms with van der Waals surface area (Å²) < 4.78 is 15.4. The Morgan fingerprint density at radius 1 is 1.00 bits per heavy atom. The molecular formula is C15H26O14. The smallest absolute Gasteiger partial charge is 0.364 e. The summed E-state index contributed by atoms with van der Waals surface area (Å²) in [7, 11) is 0. The number of carboxylic acid groups (broad SMARTS) is 1. The molecule has 0 aromatic carbocycles. The lowest BCUT2D eigenvalue weighted by Gasteiger charge is -2.47. The first kappa shape index (κ1) is 24.3. The van der Waals surface area contributed by atoms with Gasteiger partial charge in [0, 0.05) is 6.42 Å². The van der Waals surface area contributed by atoms with E-state index >= 15 is 0 Å². The van der Waals surface area contributed by atoms with Crippen LogP contribution in [0.4, 0.5) is 0 Å². The fourth-order valence-corrected chi connectivity index (χ4v) is 3.23.